The fourth-order valence-corrected chi connectivity index (χ4v) is 3.13. The van der Waals surface area contributed by atoms with E-state index in [4.69, 9.17) is 17.0 Å². The van der Waals surface area contributed by atoms with Gasteiger partial charge in [0.25, 0.3) is 0 Å². The monoisotopic (exact) mass is 292 g/mol. The first-order valence-electron chi connectivity index (χ1n) is 7.20. The fraction of sp³-hybridized carbons (Fsp3) is 0.562. The predicted octanol–water partition coefficient (Wildman–Crippen LogP) is 4.64. The van der Waals surface area contributed by atoms with Crippen molar-refractivity contribution in [3.05, 3.63) is 23.0 Å². The van der Waals surface area contributed by atoms with Crippen LogP contribution in [0.3, 0.4) is 0 Å². The van der Waals surface area contributed by atoms with Gasteiger partial charge >= 0.3 is 0 Å². The maximum absolute atomic E-state index is 5.49. The minimum atomic E-state index is 0.604. The highest BCUT2D eigenvalue weighted by Crippen LogP contribution is 2.26. The quantitative estimate of drug-likeness (QED) is 0.814. The maximum atomic E-state index is 5.49. The highest BCUT2D eigenvalue weighted by molar-refractivity contribution is 7.71. The number of hydrogen-bond acceptors (Lipinski definition) is 2. The fourth-order valence-electron chi connectivity index (χ4n) is 2.84. The third-order valence-electron chi connectivity index (χ3n) is 4.09. The Bertz CT molecular complexity index is 631. The average molecular weight is 292 g/mol. The molecular weight excluding hydrogens is 268 g/mol. The third-order valence-corrected chi connectivity index (χ3v) is 4.41. The van der Waals surface area contributed by atoms with Gasteiger partial charge in [-0.15, -0.1) is 0 Å². The van der Waals surface area contributed by atoms with E-state index in [1.165, 1.54) is 0 Å². The Hall–Kier alpha value is -1.29. The molecule has 0 saturated heterocycles. The molecule has 0 spiro atoms. The van der Waals surface area contributed by atoms with Crippen molar-refractivity contribution in [3.63, 3.8) is 0 Å². The van der Waals surface area contributed by atoms with Crippen molar-refractivity contribution in [1.82, 2.24) is 9.55 Å². The molecule has 0 fully saturated rings. The summed E-state index contributed by atoms with van der Waals surface area (Å²) in [6, 6.07) is 6.04. The van der Waals surface area contributed by atoms with E-state index in [-0.39, 0.29) is 0 Å². The van der Waals surface area contributed by atoms with Crippen molar-refractivity contribution in [1.29, 1.82) is 0 Å². The number of hydrogen-bond donors (Lipinski definition) is 1. The number of aromatic nitrogens is 2. The Morgan fingerprint density at radius 1 is 1.20 bits per heavy atom. The number of aromatic amines is 1. The molecule has 0 aliphatic rings. The molecule has 0 aliphatic heterocycles. The van der Waals surface area contributed by atoms with Crippen molar-refractivity contribution >= 4 is 23.3 Å². The van der Waals surface area contributed by atoms with Gasteiger partial charge in [0, 0.05) is 12.6 Å². The minimum absolute atomic E-state index is 0.604. The largest absolute Gasteiger partial charge is 0.497 e. The van der Waals surface area contributed by atoms with Crippen LogP contribution < -0.4 is 4.74 Å². The lowest BCUT2D eigenvalue weighted by molar-refractivity contribution is 0.253. The second-order valence-corrected chi connectivity index (χ2v) is 6.46. The Morgan fingerprint density at radius 2 is 1.85 bits per heavy atom. The smallest absolute Gasteiger partial charge is 0.178 e. The molecule has 0 saturated carbocycles. The van der Waals surface area contributed by atoms with Crippen molar-refractivity contribution in [3.8, 4) is 5.75 Å². The van der Waals surface area contributed by atoms with Crippen molar-refractivity contribution in [2.45, 2.75) is 34.2 Å². The summed E-state index contributed by atoms with van der Waals surface area (Å²) in [5.74, 6) is 2.73. The van der Waals surface area contributed by atoms with Crippen LogP contribution in [0, 0.1) is 22.5 Å². The summed E-state index contributed by atoms with van der Waals surface area (Å²) in [5, 5.41) is 0. The van der Waals surface area contributed by atoms with Crippen LogP contribution >= 0.6 is 12.2 Å². The lowest BCUT2D eigenvalue weighted by Crippen LogP contribution is -2.21. The van der Waals surface area contributed by atoms with E-state index in [0.717, 1.165) is 28.1 Å². The second kappa shape index (κ2) is 6.00. The molecule has 1 heterocycles. The number of rotatable bonds is 5. The van der Waals surface area contributed by atoms with Crippen LogP contribution in [-0.4, -0.2) is 16.7 Å². The maximum Gasteiger partial charge on any atom is 0.178 e. The predicted molar refractivity (Wildman–Crippen MR) is 86.8 cm³/mol. The van der Waals surface area contributed by atoms with Crippen molar-refractivity contribution in [2.75, 3.05) is 7.11 Å². The van der Waals surface area contributed by atoms with Crippen molar-refractivity contribution < 1.29 is 4.74 Å². The molecule has 0 amide bonds. The number of methoxy groups -OCH3 is 1. The lowest BCUT2D eigenvalue weighted by Gasteiger charge is -2.25. The van der Waals surface area contributed by atoms with Gasteiger partial charge in [0.1, 0.15) is 5.75 Å². The molecule has 2 aromatic rings. The second-order valence-electron chi connectivity index (χ2n) is 6.08. The molecule has 1 aromatic carbocycles. The molecular formula is C16H24N2OS. The molecule has 0 radical (unpaired) electrons. The Morgan fingerprint density at radius 3 is 2.40 bits per heavy atom. The molecule has 4 heteroatoms. The Kier molecular flexibility index (Phi) is 4.53. The van der Waals surface area contributed by atoms with E-state index in [0.29, 0.717) is 17.8 Å². The van der Waals surface area contributed by atoms with E-state index in [1.807, 2.05) is 12.1 Å². The lowest BCUT2D eigenvalue weighted by atomic mass is 9.85. The number of H-pyrrole nitrogens is 1. The molecule has 1 aromatic heterocycles. The first kappa shape index (κ1) is 15.1. The molecule has 2 rings (SSSR count). The summed E-state index contributed by atoms with van der Waals surface area (Å²) in [6.45, 7) is 10.1. The SMILES string of the molecule is COc1ccc2[nH]c(=S)n(CC(C(C)C)C(C)C)c2c1. The van der Waals surface area contributed by atoms with Crippen LogP contribution in [0.4, 0.5) is 0 Å². The number of imidazole rings is 1. The molecule has 110 valence electrons. The molecule has 0 bridgehead atoms. The van der Waals surface area contributed by atoms with Gasteiger partial charge in [0.05, 0.1) is 18.1 Å². The van der Waals surface area contributed by atoms with Gasteiger partial charge in [-0.3, -0.25) is 0 Å². The van der Waals surface area contributed by atoms with Crippen LogP contribution in [0.25, 0.3) is 11.0 Å². The summed E-state index contributed by atoms with van der Waals surface area (Å²) < 4.78 is 8.32. The number of benzene rings is 1. The van der Waals surface area contributed by atoms with Gasteiger partial charge in [0.2, 0.25) is 0 Å². The summed E-state index contributed by atoms with van der Waals surface area (Å²) in [5.41, 5.74) is 2.20. The Labute approximate surface area is 126 Å². The summed E-state index contributed by atoms with van der Waals surface area (Å²) in [7, 11) is 1.69. The molecule has 0 unspecified atom stereocenters. The van der Waals surface area contributed by atoms with E-state index < -0.39 is 0 Å². The number of nitrogens with zero attached hydrogens (tertiary/aromatic N) is 1. The minimum Gasteiger partial charge on any atom is -0.497 e. The summed E-state index contributed by atoms with van der Waals surface area (Å²) >= 11 is 5.49. The molecule has 0 aliphatic carbocycles. The van der Waals surface area contributed by atoms with Crippen LogP contribution in [0.1, 0.15) is 27.7 Å². The highest BCUT2D eigenvalue weighted by atomic mass is 32.1. The van der Waals surface area contributed by atoms with Gasteiger partial charge in [-0.25, -0.2) is 0 Å². The molecule has 1 N–H and O–H groups in total. The molecule has 0 atom stereocenters. The average Bonchev–Trinajstić information content (AvgIpc) is 2.69. The van der Waals surface area contributed by atoms with E-state index in [1.54, 1.807) is 7.11 Å². The van der Waals surface area contributed by atoms with Crippen LogP contribution in [0.2, 0.25) is 0 Å². The van der Waals surface area contributed by atoms with Gasteiger partial charge in [-0.2, -0.15) is 0 Å². The van der Waals surface area contributed by atoms with Gasteiger partial charge < -0.3 is 14.3 Å². The van der Waals surface area contributed by atoms with Crippen LogP contribution in [-0.2, 0) is 6.54 Å². The zero-order chi connectivity index (χ0) is 14.9. The number of ether oxygens (including phenoxy) is 1. The molecule has 3 nitrogen and oxygen atoms in total. The number of nitrogens with one attached hydrogen (secondary N) is 1. The zero-order valence-electron chi connectivity index (χ0n) is 12.9. The summed E-state index contributed by atoms with van der Waals surface area (Å²) in [4.78, 5) is 3.28. The topological polar surface area (TPSA) is 29.9 Å². The van der Waals surface area contributed by atoms with Crippen LogP contribution in [0.15, 0.2) is 18.2 Å². The van der Waals surface area contributed by atoms with E-state index in [9.17, 15) is 0 Å². The summed E-state index contributed by atoms with van der Waals surface area (Å²) in [6.07, 6.45) is 0. The normalized spacial score (nSPS) is 12.0. The standard InChI is InChI=1S/C16H24N2OS/c1-10(2)13(11(3)4)9-18-15-8-12(19-5)6-7-14(15)17-16(18)20/h6-8,10-11,13H,9H2,1-5H3,(H,17,20). The van der Waals surface area contributed by atoms with Crippen molar-refractivity contribution in [2.24, 2.45) is 17.8 Å². The van der Waals surface area contributed by atoms with E-state index in [2.05, 4.69) is 43.3 Å². The van der Waals surface area contributed by atoms with E-state index >= 15 is 0 Å². The third kappa shape index (κ3) is 2.90. The van der Waals surface area contributed by atoms with Gasteiger partial charge in [-0.1, -0.05) is 27.7 Å². The first-order valence-corrected chi connectivity index (χ1v) is 7.61. The van der Waals surface area contributed by atoms with Crippen LogP contribution in [0.5, 0.6) is 5.75 Å². The Balaban J connectivity index is 2.47. The number of fused-ring (bicyclic) bond motifs is 1. The molecule has 20 heavy (non-hydrogen) atoms. The van der Waals surface area contributed by atoms with Gasteiger partial charge in [0.15, 0.2) is 4.77 Å². The van der Waals surface area contributed by atoms with Gasteiger partial charge in [-0.05, 0) is 42.1 Å². The first-order chi connectivity index (χ1) is 9.43. The zero-order valence-corrected chi connectivity index (χ0v) is 13.8. The highest BCUT2D eigenvalue weighted by Gasteiger charge is 2.19.